The molecule has 5 N–H and O–H groups in total. The first-order chi connectivity index (χ1) is 11.7. The van der Waals surface area contributed by atoms with E-state index in [1.165, 1.54) is 24.3 Å². The van der Waals surface area contributed by atoms with Crippen LogP contribution in [0, 0.1) is 0 Å². The summed E-state index contributed by atoms with van der Waals surface area (Å²) in [5, 5.41) is 34.9. The molecule has 0 aliphatic heterocycles. The molecular weight excluding hydrogens is 380 g/mol. The van der Waals surface area contributed by atoms with Gasteiger partial charge in [-0.3, -0.25) is 9.59 Å². The molecule has 1 aromatic carbocycles. The van der Waals surface area contributed by atoms with Crippen LogP contribution in [0.1, 0.15) is 22.3 Å². The van der Waals surface area contributed by atoms with Crippen molar-refractivity contribution < 1.29 is 48.8 Å². The number of aliphatic carboxylic acids is 1. The summed E-state index contributed by atoms with van der Waals surface area (Å²) < 4.78 is 29.7. The van der Waals surface area contributed by atoms with Crippen molar-refractivity contribution >= 4 is 27.9 Å². The molecule has 0 aliphatic rings. The van der Waals surface area contributed by atoms with Crippen molar-refractivity contribution in [2.75, 3.05) is 6.54 Å². The van der Waals surface area contributed by atoms with Crippen molar-refractivity contribution in [2.45, 2.75) is 17.9 Å². The highest BCUT2D eigenvalue weighted by atomic mass is 31.2. The predicted octanol–water partition coefficient (Wildman–Crippen LogP) is 1.54. The lowest BCUT2D eigenvalue weighted by Crippen LogP contribution is -2.31. The molecule has 0 heterocycles. The zero-order valence-corrected chi connectivity index (χ0v) is 14.4. The summed E-state index contributed by atoms with van der Waals surface area (Å²) >= 11 is 0. The minimum atomic E-state index is -3.28. The number of rotatable bonds is 10. The summed E-state index contributed by atoms with van der Waals surface area (Å²) in [5.74, 6) is -1.62. The number of benzene rings is 1. The van der Waals surface area contributed by atoms with Crippen molar-refractivity contribution in [1.82, 2.24) is 5.32 Å². The van der Waals surface area contributed by atoms with Crippen LogP contribution in [0.4, 0.5) is 0 Å². The van der Waals surface area contributed by atoms with E-state index in [0.717, 1.165) is 0 Å². The predicted molar refractivity (Wildman–Crippen MR) is 82.3 cm³/mol. The molecule has 0 bridgehead atoms. The van der Waals surface area contributed by atoms with Crippen LogP contribution in [-0.2, 0) is 29.7 Å². The second-order valence-corrected chi connectivity index (χ2v) is 7.91. The molecule has 25 heavy (non-hydrogen) atoms. The first-order valence-corrected chi connectivity index (χ1v) is 8.99. The molecule has 0 saturated carbocycles. The number of amides is 1. The molecule has 0 saturated heterocycles. The molecule has 2 atom stereocenters. The van der Waals surface area contributed by atoms with E-state index in [4.69, 9.17) is 15.6 Å². The normalized spacial score (nSPS) is 14.4. The molecule has 0 radical (unpaired) electrons. The summed E-state index contributed by atoms with van der Waals surface area (Å²) in [6, 6.07) is 5.67. The van der Waals surface area contributed by atoms with Gasteiger partial charge in [-0.2, -0.15) is 0 Å². The summed E-state index contributed by atoms with van der Waals surface area (Å²) in [4.78, 5) is 22.5. The average molecular weight is 395 g/mol. The number of nitrogens with one attached hydrogen (secondary N) is 1. The van der Waals surface area contributed by atoms with E-state index in [1.807, 2.05) is 0 Å². The molecule has 0 spiro atoms. The Balaban J connectivity index is 2.67. The van der Waals surface area contributed by atoms with E-state index in [2.05, 4.69) is 14.7 Å². The van der Waals surface area contributed by atoms with Crippen molar-refractivity contribution in [3.8, 4) is 0 Å². The van der Waals surface area contributed by atoms with Gasteiger partial charge >= 0.3 is 27.1 Å². The average Bonchev–Trinajstić information content (AvgIpc) is 2.59. The van der Waals surface area contributed by atoms with Gasteiger partial charge in [-0.1, -0.05) is 12.1 Å². The Labute approximate surface area is 142 Å². The number of carboxylic acids is 1. The Bertz CT molecular complexity index is 646. The molecule has 1 amide bonds. The van der Waals surface area contributed by atoms with Gasteiger partial charge in [0.1, 0.15) is 0 Å². The van der Waals surface area contributed by atoms with Crippen LogP contribution in [0.25, 0.3) is 0 Å². The minimum Gasteiger partial charge on any atom is -0.481 e. The Kier molecular flexibility index (Phi) is 8.14. The highest BCUT2D eigenvalue weighted by Crippen LogP contribution is 2.55. The summed E-state index contributed by atoms with van der Waals surface area (Å²) in [7, 11) is -6.56. The number of carbonyl (C=O) groups excluding carboxylic acids is 1. The zero-order valence-electron chi connectivity index (χ0n) is 12.6. The lowest BCUT2D eigenvalue weighted by molar-refractivity contribution is -0.145. The van der Waals surface area contributed by atoms with Crippen LogP contribution >= 0.6 is 16.1 Å². The van der Waals surface area contributed by atoms with Crippen molar-refractivity contribution in [3.05, 3.63) is 35.4 Å². The first kappa shape index (κ1) is 21.2. The Morgan fingerprint density at radius 3 is 2.04 bits per heavy atom. The van der Waals surface area contributed by atoms with Crippen LogP contribution in [-0.4, -0.2) is 44.2 Å². The van der Waals surface area contributed by atoms with Gasteiger partial charge in [0.05, 0.1) is 12.8 Å². The van der Waals surface area contributed by atoms with Gasteiger partial charge < -0.3 is 15.5 Å². The van der Waals surface area contributed by atoms with E-state index < -0.39 is 39.4 Å². The number of carbonyl (C=O) groups is 2. The van der Waals surface area contributed by atoms with E-state index in [-0.39, 0.29) is 18.5 Å². The highest BCUT2D eigenvalue weighted by Gasteiger charge is 2.70. The molecule has 0 aromatic heterocycles. The number of carboxylic acid groups (broad SMARTS) is 1. The van der Waals surface area contributed by atoms with Crippen molar-refractivity contribution in [3.63, 3.8) is 0 Å². The van der Waals surface area contributed by atoms with E-state index in [9.17, 15) is 23.8 Å². The standard InChI is InChI=1S/C12H13NO10P2/c14-10(15)7-8-1-3-9(4-2-8)11(16)13-6-5-12(17,24(20)22-18)25(21)23-19/h1-4,17H,5-7H2,(H2-2,13,14,15,16,18,19)/p+2. The Morgan fingerprint density at radius 2 is 1.60 bits per heavy atom. The lowest BCUT2D eigenvalue weighted by atomic mass is 10.1. The fourth-order valence-corrected chi connectivity index (χ4v) is 3.38. The number of aliphatic hydroxyl groups is 1. The molecule has 136 valence electrons. The van der Waals surface area contributed by atoms with Crippen LogP contribution in [0.3, 0.4) is 0 Å². The van der Waals surface area contributed by atoms with Gasteiger partial charge in [0.15, 0.2) is 0 Å². The summed E-state index contributed by atoms with van der Waals surface area (Å²) in [6.45, 7) is -0.346. The van der Waals surface area contributed by atoms with Crippen LogP contribution in [0.5, 0.6) is 0 Å². The molecule has 1 aromatic rings. The number of hydrogen-bond acceptors (Lipinski definition) is 9. The Hall–Kier alpha value is -1.84. The summed E-state index contributed by atoms with van der Waals surface area (Å²) in [5.41, 5.74) is 0.677. The van der Waals surface area contributed by atoms with Gasteiger partial charge in [0, 0.05) is 21.5 Å². The molecule has 0 fully saturated rings. The van der Waals surface area contributed by atoms with Crippen LogP contribution in [0.2, 0.25) is 0 Å². The maximum atomic E-state index is 11.9. The SMILES string of the molecule is O=C(O)Cc1ccc(C(=O)NCCC(O)([P+](=O)OO)[P+](=O)OO)cc1. The van der Waals surface area contributed by atoms with Gasteiger partial charge in [-0.05, 0) is 26.8 Å². The van der Waals surface area contributed by atoms with Gasteiger partial charge in [-0.15, -0.1) is 0 Å². The van der Waals surface area contributed by atoms with Gasteiger partial charge in [0.2, 0.25) is 0 Å². The first-order valence-electron chi connectivity index (χ1n) is 6.63. The minimum absolute atomic E-state index is 0.184. The fraction of sp³-hybridized carbons (Fsp3) is 0.333. The van der Waals surface area contributed by atoms with Crippen LogP contribution in [0.15, 0.2) is 24.3 Å². The molecule has 1 rings (SSSR count). The third-order valence-electron chi connectivity index (χ3n) is 3.05. The molecule has 2 unspecified atom stereocenters. The topological polar surface area (TPSA) is 180 Å². The highest BCUT2D eigenvalue weighted by molar-refractivity contribution is 7.60. The van der Waals surface area contributed by atoms with E-state index in [1.54, 1.807) is 0 Å². The third kappa shape index (κ3) is 5.87. The number of hydrogen-bond donors (Lipinski definition) is 5. The quantitative estimate of drug-likeness (QED) is 0.221. The largest absolute Gasteiger partial charge is 0.633 e. The maximum Gasteiger partial charge on any atom is 0.633 e. The molecule has 13 heteroatoms. The third-order valence-corrected chi connectivity index (χ3v) is 5.94. The lowest BCUT2D eigenvalue weighted by Gasteiger charge is -2.07. The second-order valence-electron chi connectivity index (χ2n) is 4.73. The van der Waals surface area contributed by atoms with Crippen molar-refractivity contribution in [2.24, 2.45) is 0 Å². The molecular formula is C12H15NO10P2+2. The fourth-order valence-electron chi connectivity index (χ4n) is 1.77. The molecule has 0 aliphatic carbocycles. The van der Waals surface area contributed by atoms with Crippen LogP contribution < -0.4 is 5.32 Å². The smallest absolute Gasteiger partial charge is 0.481 e. The Morgan fingerprint density at radius 1 is 1.08 bits per heavy atom. The molecule has 11 nitrogen and oxygen atoms in total. The van der Waals surface area contributed by atoms with E-state index in [0.29, 0.717) is 5.56 Å². The summed E-state index contributed by atoms with van der Waals surface area (Å²) in [6.07, 6.45) is -0.821. The van der Waals surface area contributed by atoms with Gasteiger partial charge in [0.25, 0.3) is 5.91 Å². The van der Waals surface area contributed by atoms with Gasteiger partial charge in [-0.25, -0.2) is 10.5 Å². The maximum absolute atomic E-state index is 11.9. The van der Waals surface area contributed by atoms with E-state index >= 15 is 0 Å². The zero-order chi connectivity index (χ0) is 19.0. The van der Waals surface area contributed by atoms with Crippen molar-refractivity contribution in [1.29, 1.82) is 0 Å². The second kappa shape index (κ2) is 9.59. The monoisotopic (exact) mass is 395 g/mol.